The molecule has 3 nitrogen and oxygen atoms in total. The van der Waals surface area contributed by atoms with Crippen molar-refractivity contribution in [1.29, 1.82) is 0 Å². The third kappa shape index (κ3) is 2.84. The van der Waals surface area contributed by atoms with Gasteiger partial charge in [-0.25, -0.2) is 0 Å². The third-order valence-corrected chi connectivity index (χ3v) is 3.81. The summed E-state index contributed by atoms with van der Waals surface area (Å²) >= 11 is 0. The van der Waals surface area contributed by atoms with Crippen molar-refractivity contribution in [1.82, 2.24) is 5.32 Å². The molecule has 92 valence electrons. The van der Waals surface area contributed by atoms with Crippen LogP contribution in [0.25, 0.3) is 0 Å². The lowest BCUT2D eigenvalue weighted by molar-refractivity contribution is 0.173. The Morgan fingerprint density at radius 2 is 2.38 bits per heavy atom. The van der Waals surface area contributed by atoms with Gasteiger partial charge in [0.2, 0.25) is 0 Å². The molecule has 1 fully saturated rings. The fourth-order valence-electron chi connectivity index (χ4n) is 2.77. The average molecular weight is 225 g/mol. The Morgan fingerprint density at radius 1 is 1.50 bits per heavy atom. The number of ether oxygens (including phenoxy) is 1. The number of hydrogen-bond donors (Lipinski definition) is 2. The van der Waals surface area contributed by atoms with E-state index in [9.17, 15) is 0 Å². The monoisotopic (exact) mass is 225 g/mol. The summed E-state index contributed by atoms with van der Waals surface area (Å²) in [6.07, 6.45) is 7.73. The second-order valence-electron chi connectivity index (χ2n) is 4.97. The number of rotatable bonds is 5. The largest absolute Gasteiger partial charge is 0.396 e. The highest BCUT2D eigenvalue weighted by molar-refractivity contribution is 5.06. The van der Waals surface area contributed by atoms with Crippen molar-refractivity contribution in [3.8, 4) is 0 Å². The van der Waals surface area contributed by atoms with Crippen molar-refractivity contribution in [2.24, 2.45) is 11.8 Å². The van der Waals surface area contributed by atoms with Gasteiger partial charge in [-0.1, -0.05) is 19.1 Å². The van der Waals surface area contributed by atoms with Gasteiger partial charge in [-0.2, -0.15) is 0 Å². The Labute approximate surface area is 97.9 Å². The molecule has 1 saturated heterocycles. The SMILES string of the molecule is CCC(N[C@@H]1C=C[C@H](CO)C1)C1CCOC1. The van der Waals surface area contributed by atoms with Crippen molar-refractivity contribution in [3.63, 3.8) is 0 Å². The molecule has 2 unspecified atom stereocenters. The fourth-order valence-corrected chi connectivity index (χ4v) is 2.77. The van der Waals surface area contributed by atoms with Crippen LogP contribution in [0.2, 0.25) is 0 Å². The number of hydrogen-bond acceptors (Lipinski definition) is 3. The average Bonchev–Trinajstić information content (AvgIpc) is 2.96. The van der Waals surface area contributed by atoms with Gasteiger partial charge in [-0.15, -0.1) is 0 Å². The standard InChI is InChI=1S/C13H23NO2/c1-2-13(11-5-6-16-9-11)14-12-4-3-10(7-12)8-15/h3-4,10-15H,2,5-9H2,1H3/t10-,11?,12+,13?/m0/s1. The summed E-state index contributed by atoms with van der Waals surface area (Å²) in [7, 11) is 0. The van der Waals surface area contributed by atoms with Gasteiger partial charge < -0.3 is 15.2 Å². The second kappa shape index (κ2) is 5.80. The molecule has 0 aromatic rings. The molecule has 3 heteroatoms. The molecular weight excluding hydrogens is 202 g/mol. The van der Waals surface area contributed by atoms with E-state index in [1.165, 1.54) is 6.42 Å². The van der Waals surface area contributed by atoms with Gasteiger partial charge in [0.15, 0.2) is 0 Å². The molecular formula is C13H23NO2. The van der Waals surface area contributed by atoms with E-state index in [0.717, 1.165) is 26.1 Å². The first-order chi connectivity index (χ1) is 7.83. The van der Waals surface area contributed by atoms with Crippen LogP contribution in [0.15, 0.2) is 12.2 Å². The highest BCUT2D eigenvalue weighted by atomic mass is 16.5. The smallest absolute Gasteiger partial charge is 0.0510 e. The molecule has 16 heavy (non-hydrogen) atoms. The first-order valence-electron chi connectivity index (χ1n) is 6.46. The van der Waals surface area contributed by atoms with Crippen molar-refractivity contribution < 1.29 is 9.84 Å². The molecule has 1 aliphatic carbocycles. The van der Waals surface area contributed by atoms with Crippen molar-refractivity contribution in [2.75, 3.05) is 19.8 Å². The Morgan fingerprint density at radius 3 is 2.94 bits per heavy atom. The lowest BCUT2D eigenvalue weighted by Crippen LogP contribution is -2.41. The topological polar surface area (TPSA) is 41.5 Å². The molecule has 0 radical (unpaired) electrons. The molecule has 1 heterocycles. The maximum absolute atomic E-state index is 9.09. The van der Waals surface area contributed by atoms with E-state index in [1.807, 2.05) is 0 Å². The predicted octanol–water partition coefficient (Wildman–Crippen LogP) is 1.33. The lowest BCUT2D eigenvalue weighted by atomic mass is 9.95. The van der Waals surface area contributed by atoms with E-state index in [4.69, 9.17) is 9.84 Å². The van der Waals surface area contributed by atoms with Crippen LogP contribution in [0.5, 0.6) is 0 Å². The zero-order valence-corrected chi connectivity index (χ0v) is 10.1. The minimum Gasteiger partial charge on any atom is -0.396 e. The zero-order chi connectivity index (χ0) is 11.4. The van der Waals surface area contributed by atoms with Gasteiger partial charge >= 0.3 is 0 Å². The summed E-state index contributed by atoms with van der Waals surface area (Å²) in [6.45, 7) is 4.34. The molecule has 2 N–H and O–H groups in total. The first kappa shape index (κ1) is 12.1. The van der Waals surface area contributed by atoms with Crippen LogP contribution in [-0.2, 0) is 4.74 Å². The van der Waals surface area contributed by atoms with E-state index < -0.39 is 0 Å². The highest BCUT2D eigenvalue weighted by Gasteiger charge is 2.27. The Bertz CT molecular complexity index is 236. The summed E-state index contributed by atoms with van der Waals surface area (Å²) in [5.74, 6) is 1.03. The number of nitrogens with one attached hydrogen (secondary N) is 1. The zero-order valence-electron chi connectivity index (χ0n) is 10.1. The molecule has 0 saturated carbocycles. The summed E-state index contributed by atoms with van der Waals surface area (Å²) in [6, 6.07) is 1.01. The van der Waals surface area contributed by atoms with Crippen LogP contribution in [0, 0.1) is 11.8 Å². The van der Waals surface area contributed by atoms with Crippen LogP contribution < -0.4 is 5.32 Å². The van der Waals surface area contributed by atoms with Gasteiger partial charge in [0.1, 0.15) is 0 Å². The molecule has 1 aliphatic heterocycles. The Kier molecular flexibility index (Phi) is 4.38. The van der Waals surface area contributed by atoms with Gasteiger partial charge in [0.05, 0.1) is 6.61 Å². The maximum atomic E-state index is 9.09. The van der Waals surface area contributed by atoms with E-state index in [1.54, 1.807) is 0 Å². The summed E-state index contributed by atoms with van der Waals surface area (Å²) in [4.78, 5) is 0. The maximum Gasteiger partial charge on any atom is 0.0510 e. The fraction of sp³-hybridized carbons (Fsp3) is 0.846. The van der Waals surface area contributed by atoms with Crippen LogP contribution in [-0.4, -0.2) is 37.0 Å². The predicted molar refractivity (Wildman–Crippen MR) is 64.3 cm³/mol. The minimum absolute atomic E-state index is 0.276. The number of aliphatic hydroxyl groups is 1. The van der Waals surface area contributed by atoms with E-state index in [-0.39, 0.29) is 6.61 Å². The first-order valence-corrected chi connectivity index (χ1v) is 6.46. The van der Waals surface area contributed by atoms with Gasteiger partial charge in [-0.3, -0.25) is 0 Å². The molecule has 0 aromatic carbocycles. The van der Waals surface area contributed by atoms with Gasteiger partial charge in [-0.05, 0) is 25.2 Å². The summed E-state index contributed by atoms with van der Waals surface area (Å²) < 4.78 is 5.45. The van der Waals surface area contributed by atoms with Crippen LogP contribution >= 0.6 is 0 Å². The quantitative estimate of drug-likeness (QED) is 0.694. The highest BCUT2D eigenvalue weighted by Crippen LogP contribution is 2.23. The van der Waals surface area contributed by atoms with E-state index >= 15 is 0 Å². The number of aliphatic hydroxyl groups excluding tert-OH is 1. The summed E-state index contributed by atoms with van der Waals surface area (Å²) in [5.41, 5.74) is 0. The second-order valence-corrected chi connectivity index (χ2v) is 4.97. The molecule has 0 aromatic heterocycles. The molecule has 0 amide bonds. The van der Waals surface area contributed by atoms with Crippen LogP contribution in [0.3, 0.4) is 0 Å². The Balaban J connectivity index is 1.80. The third-order valence-electron chi connectivity index (χ3n) is 3.81. The molecule has 2 rings (SSSR count). The van der Waals surface area contributed by atoms with E-state index in [2.05, 4.69) is 24.4 Å². The normalized spacial score (nSPS) is 35.8. The van der Waals surface area contributed by atoms with Crippen molar-refractivity contribution in [3.05, 3.63) is 12.2 Å². The van der Waals surface area contributed by atoms with Crippen molar-refractivity contribution >= 4 is 0 Å². The molecule has 0 spiro atoms. The molecule has 2 aliphatic rings. The van der Waals surface area contributed by atoms with E-state index in [0.29, 0.717) is 23.9 Å². The minimum atomic E-state index is 0.276. The van der Waals surface area contributed by atoms with Gasteiger partial charge in [0.25, 0.3) is 0 Å². The molecule has 0 bridgehead atoms. The lowest BCUT2D eigenvalue weighted by Gasteiger charge is -2.26. The van der Waals surface area contributed by atoms with Gasteiger partial charge in [0, 0.05) is 31.2 Å². The summed E-state index contributed by atoms with van der Waals surface area (Å²) in [5, 5.41) is 12.8. The Hall–Kier alpha value is -0.380. The van der Waals surface area contributed by atoms with Crippen molar-refractivity contribution in [2.45, 2.75) is 38.3 Å². The van der Waals surface area contributed by atoms with Crippen LogP contribution in [0.4, 0.5) is 0 Å². The van der Waals surface area contributed by atoms with Crippen LogP contribution in [0.1, 0.15) is 26.2 Å². The molecule has 4 atom stereocenters.